The van der Waals surface area contributed by atoms with Gasteiger partial charge in [-0.05, 0) is 31.0 Å². The molecule has 0 spiro atoms. The summed E-state index contributed by atoms with van der Waals surface area (Å²) in [6.45, 7) is 0.364. The Labute approximate surface area is 116 Å². The van der Waals surface area contributed by atoms with Crippen LogP contribution in [0.3, 0.4) is 0 Å². The fourth-order valence-electron chi connectivity index (χ4n) is 2.14. The molecule has 1 aliphatic heterocycles. The predicted octanol–water partition coefficient (Wildman–Crippen LogP) is 0.228. The number of anilines is 1. The van der Waals surface area contributed by atoms with E-state index in [2.05, 4.69) is 4.72 Å². The number of nitrogens with two attached hydrogens (primary N) is 1. The zero-order valence-corrected chi connectivity index (χ0v) is 11.6. The van der Waals surface area contributed by atoms with Gasteiger partial charge in [-0.1, -0.05) is 0 Å². The average molecular weight is 304 g/mol. The standard InChI is InChI=1S/C12H17FN2O4S/c13-9-5-10(14)7-11(6-9)20(17,18)15-12(8-16)1-3-19-4-2-12/h5-7,15-16H,1-4,8,14H2. The van der Waals surface area contributed by atoms with Crippen LogP contribution in [0.2, 0.25) is 0 Å². The minimum Gasteiger partial charge on any atom is -0.399 e. The number of hydrogen-bond acceptors (Lipinski definition) is 5. The van der Waals surface area contributed by atoms with E-state index in [1.54, 1.807) is 0 Å². The molecule has 6 nitrogen and oxygen atoms in total. The summed E-state index contributed by atoms with van der Waals surface area (Å²) >= 11 is 0. The number of hydrogen-bond donors (Lipinski definition) is 3. The third kappa shape index (κ3) is 3.26. The van der Waals surface area contributed by atoms with Crippen LogP contribution >= 0.6 is 0 Å². The molecule has 0 atom stereocenters. The smallest absolute Gasteiger partial charge is 0.241 e. The van der Waals surface area contributed by atoms with Crippen LogP contribution in [-0.2, 0) is 14.8 Å². The number of halogens is 1. The van der Waals surface area contributed by atoms with Crippen LogP contribution in [0.1, 0.15) is 12.8 Å². The Bertz CT molecular complexity index is 565. The van der Waals surface area contributed by atoms with Crippen molar-refractivity contribution in [1.29, 1.82) is 0 Å². The van der Waals surface area contributed by atoms with Gasteiger partial charge in [-0.2, -0.15) is 0 Å². The fourth-order valence-corrected chi connectivity index (χ4v) is 3.65. The van der Waals surface area contributed by atoms with Gasteiger partial charge in [0, 0.05) is 18.9 Å². The van der Waals surface area contributed by atoms with Crippen molar-refractivity contribution in [3.05, 3.63) is 24.0 Å². The molecule has 1 aromatic rings. The topological polar surface area (TPSA) is 102 Å². The first-order chi connectivity index (χ1) is 9.37. The number of nitrogen functional groups attached to an aromatic ring is 1. The molecule has 0 aliphatic carbocycles. The molecule has 4 N–H and O–H groups in total. The number of aliphatic hydroxyl groups is 1. The molecule has 0 amide bonds. The number of ether oxygens (including phenoxy) is 1. The summed E-state index contributed by atoms with van der Waals surface area (Å²) in [4.78, 5) is -0.255. The van der Waals surface area contributed by atoms with Gasteiger partial charge < -0.3 is 15.6 Å². The molecular formula is C12H17FN2O4S. The van der Waals surface area contributed by atoms with Crippen LogP contribution < -0.4 is 10.5 Å². The molecule has 1 aliphatic rings. The van der Waals surface area contributed by atoms with Crippen LogP contribution in [-0.4, -0.2) is 38.9 Å². The van der Waals surface area contributed by atoms with Crippen molar-refractivity contribution in [2.24, 2.45) is 0 Å². The number of aliphatic hydroxyl groups excluding tert-OH is 1. The Balaban J connectivity index is 2.30. The second kappa shape index (κ2) is 5.65. The van der Waals surface area contributed by atoms with Crippen molar-refractivity contribution in [2.45, 2.75) is 23.3 Å². The molecule has 1 fully saturated rings. The van der Waals surface area contributed by atoms with E-state index in [-0.39, 0.29) is 17.2 Å². The monoisotopic (exact) mass is 304 g/mol. The SMILES string of the molecule is Nc1cc(F)cc(S(=O)(=O)NC2(CO)CCOCC2)c1. The zero-order chi connectivity index (χ0) is 14.8. The Kier molecular flexibility index (Phi) is 4.28. The van der Waals surface area contributed by atoms with E-state index in [1.165, 1.54) is 6.07 Å². The lowest BCUT2D eigenvalue weighted by atomic mass is 9.93. The van der Waals surface area contributed by atoms with Crippen LogP contribution in [0.15, 0.2) is 23.1 Å². The number of nitrogens with one attached hydrogen (secondary N) is 1. The molecule has 0 unspecified atom stereocenters. The van der Waals surface area contributed by atoms with Gasteiger partial charge in [-0.15, -0.1) is 0 Å². The maximum absolute atomic E-state index is 13.3. The summed E-state index contributed by atoms with van der Waals surface area (Å²) in [5.41, 5.74) is 4.50. The van der Waals surface area contributed by atoms with Crippen LogP contribution in [0.5, 0.6) is 0 Å². The molecule has 112 valence electrons. The Morgan fingerprint density at radius 2 is 2.00 bits per heavy atom. The Morgan fingerprint density at radius 3 is 2.55 bits per heavy atom. The molecule has 0 radical (unpaired) electrons. The van der Waals surface area contributed by atoms with Crippen molar-refractivity contribution in [3.63, 3.8) is 0 Å². The largest absolute Gasteiger partial charge is 0.399 e. The van der Waals surface area contributed by atoms with Gasteiger partial charge in [-0.3, -0.25) is 0 Å². The molecule has 0 aromatic heterocycles. The molecule has 1 heterocycles. The molecule has 20 heavy (non-hydrogen) atoms. The third-order valence-corrected chi connectivity index (χ3v) is 4.87. The molecule has 2 rings (SSSR count). The summed E-state index contributed by atoms with van der Waals surface area (Å²) in [6.07, 6.45) is 0.709. The van der Waals surface area contributed by atoms with Crippen molar-refractivity contribution in [3.8, 4) is 0 Å². The Hall–Kier alpha value is -1.22. The lowest BCUT2D eigenvalue weighted by Crippen LogP contribution is -2.54. The number of benzene rings is 1. The summed E-state index contributed by atoms with van der Waals surface area (Å²) in [7, 11) is -3.96. The van der Waals surface area contributed by atoms with Crippen molar-refractivity contribution in [1.82, 2.24) is 4.72 Å². The molecule has 8 heteroatoms. The van der Waals surface area contributed by atoms with Gasteiger partial charge in [0.25, 0.3) is 0 Å². The Morgan fingerprint density at radius 1 is 1.35 bits per heavy atom. The van der Waals surface area contributed by atoms with Gasteiger partial charge in [-0.25, -0.2) is 17.5 Å². The molecular weight excluding hydrogens is 287 g/mol. The van der Waals surface area contributed by atoms with Gasteiger partial charge in [0.15, 0.2) is 0 Å². The predicted molar refractivity (Wildman–Crippen MR) is 71.0 cm³/mol. The zero-order valence-electron chi connectivity index (χ0n) is 10.8. The van der Waals surface area contributed by atoms with Gasteiger partial charge >= 0.3 is 0 Å². The van der Waals surface area contributed by atoms with Crippen molar-refractivity contribution in [2.75, 3.05) is 25.6 Å². The van der Waals surface area contributed by atoms with E-state index >= 15 is 0 Å². The van der Waals surface area contributed by atoms with Crippen LogP contribution in [0.25, 0.3) is 0 Å². The highest BCUT2D eigenvalue weighted by Gasteiger charge is 2.36. The second-order valence-corrected chi connectivity index (χ2v) is 6.56. The number of rotatable bonds is 4. The van der Waals surface area contributed by atoms with Gasteiger partial charge in [0.2, 0.25) is 10.0 Å². The fraction of sp³-hybridized carbons (Fsp3) is 0.500. The van der Waals surface area contributed by atoms with Gasteiger partial charge in [0.05, 0.1) is 17.0 Å². The van der Waals surface area contributed by atoms with E-state index in [0.717, 1.165) is 12.1 Å². The summed E-state index contributed by atoms with van der Waals surface area (Å²) in [5, 5.41) is 9.48. The maximum Gasteiger partial charge on any atom is 0.241 e. The molecule has 0 bridgehead atoms. The van der Waals surface area contributed by atoms with Crippen molar-refractivity contribution >= 4 is 15.7 Å². The van der Waals surface area contributed by atoms with Crippen LogP contribution in [0.4, 0.5) is 10.1 Å². The highest BCUT2D eigenvalue weighted by atomic mass is 32.2. The molecule has 1 aromatic carbocycles. The lowest BCUT2D eigenvalue weighted by Gasteiger charge is -2.35. The molecule has 1 saturated heterocycles. The molecule has 0 saturated carbocycles. The summed E-state index contributed by atoms with van der Waals surface area (Å²) < 4.78 is 45.4. The first-order valence-electron chi connectivity index (χ1n) is 6.16. The first kappa shape index (κ1) is 15.2. The quantitative estimate of drug-likeness (QED) is 0.691. The maximum atomic E-state index is 13.3. The number of sulfonamides is 1. The first-order valence-corrected chi connectivity index (χ1v) is 7.64. The summed E-state index contributed by atoms with van der Waals surface area (Å²) in [5.74, 6) is -0.726. The van der Waals surface area contributed by atoms with Gasteiger partial charge in [0.1, 0.15) is 5.82 Å². The van der Waals surface area contributed by atoms with E-state index < -0.39 is 21.4 Å². The highest BCUT2D eigenvalue weighted by Crippen LogP contribution is 2.24. The van der Waals surface area contributed by atoms with Crippen LogP contribution in [0, 0.1) is 5.82 Å². The van der Waals surface area contributed by atoms with E-state index in [4.69, 9.17) is 10.5 Å². The normalized spacial score (nSPS) is 18.9. The van der Waals surface area contributed by atoms with E-state index in [1.807, 2.05) is 0 Å². The third-order valence-electron chi connectivity index (χ3n) is 3.31. The highest BCUT2D eigenvalue weighted by molar-refractivity contribution is 7.89. The van der Waals surface area contributed by atoms with Crippen molar-refractivity contribution < 1.29 is 22.7 Å². The van der Waals surface area contributed by atoms with E-state index in [9.17, 15) is 17.9 Å². The average Bonchev–Trinajstić information content (AvgIpc) is 2.38. The minimum absolute atomic E-state index is 0.0235. The van der Waals surface area contributed by atoms with E-state index in [0.29, 0.717) is 26.1 Å². The second-order valence-electron chi connectivity index (χ2n) is 4.88. The minimum atomic E-state index is -3.96. The summed E-state index contributed by atoms with van der Waals surface area (Å²) in [6, 6.07) is 3.11. The lowest BCUT2D eigenvalue weighted by molar-refractivity contribution is 0.0223.